The monoisotopic (exact) mass is 570 g/mol. The highest BCUT2D eigenvalue weighted by molar-refractivity contribution is 5.95. The van der Waals surface area contributed by atoms with Crippen molar-refractivity contribution < 1.29 is 28.6 Å². The molecule has 0 spiro atoms. The van der Waals surface area contributed by atoms with Crippen LogP contribution in [0.2, 0.25) is 0 Å². The number of alkyl halides is 1. The van der Waals surface area contributed by atoms with Gasteiger partial charge in [-0.2, -0.15) is 0 Å². The number of nitrogens with one attached hydrogen (secondary N) is 4. The van der Waals surface area contributed by atoms with Gasteiger partial charge in [0.1, 0.15) is 29.8 Å². The first-order valence-electron chi connectivity index (χ1n) is 13.7. The third-order valence-electron chi connectivity index (χ3n) is 6.56. The van der Waals surface area contributed by atoms with Gasteiger partial charge in [-0.15, -0.1) is 0 Å². The number of aliphatic hydroxyl groups is 1. The highest BCUT2D eigenvalue weighted by Gasteiger charge is 2.30. The van der Waals surface area contributed by atoms with Gasteiger partial charge in [0, 0.05) is 43.6 Å². The molecule has 0 unspecified atom stereocenters. The van der Waals surface area contributed by atoms with E-state index in [1.807, 2.05) is 20.8 Å². The van der Waals surface area contributed by atoms with Crippen molar-refractivity contribution >= 4 is 17.8 Å². The van der Waals surface area contributed by atoms with Crippen LogP contribution < -0.4 is 10.6 Å². The van der Waals surface area contributed by atoms with E-state index in [1.54, 1.807) is 31.3 Å². The van der Waals surface area contributed by atoms with Crippen LogP contribution in [0.3, 0.4) is 0 Å². The number of carbonyl (C=O) groups excluding carboxylic acids is 3. The van der Waals surface area contributed by atoms with Gasteiger partial charge >= 0.3 is 5.97 Å². The molecule has 2 aromatic heterocycles. The van der Waals surface area contributed by atoms with E-state index in [-0.39, 0.29) is 55.1 Å². The molecule has 0 aromatic carbocycles. The van der Waals surface area contributed by atoms with E-state index >= 15 is 0 Å². The lowest BCUT2D eigenvalue weighted by atomic mass is 9.94. The van der Waals surface area contributed by atoms with Crippen LogP contribution >= 0.6 is 0 Å². The topological polar surface area (TPSA) is 162 Å². The average molecular weight is 571 g/mol. The van der Waals surface area contributed by atoms with Gasteiger partial charge in [0.15, 0.2) is 0 Å². The molecule has 3 heterocycles. The average Bonchev–Trinajstić information content (AvgIpc) is 3.59. The molecule has 222 valence electrons. The van der Waals surface area contributed by atoms with Gasteiger partial charge in [-0.1, -0.05) is 50.6 Å². The second-order valence-corrected chi connectivity index (χ2v) is 10.6. The number of aromatic nitrogens is 4. The van der Waals surface area contributed by atoms with Gasteiger partial charge in [0.05, 0.1) is 18.6 Å². The van der Waals surface area contributed by atoms with E-state index in [2.05, 4.69) is 30.6 Å². The minimum absolute atomic E-state index is 0.0529. The Morgan fingerprint density at radius 2 is 1.98 bits per heavy atom. The number of H-pyrrole nitrogens is 2. The van der Waals surface area contributed by atoms with E-state index in [9.17, 15) is 23.9 Å². The zero-order chi connectivity index (χ0) is 29.9. The van der Waals surface area contributed by atoms with E-state index in [0.717, 1.165) is 0 Å². The van der Waals surface area contributed by atoms with Crippen molar-refractivity contribution in [3.05, 3.63) is 71.9 Å². The summed E-state index contributed by atoms with van der Waals surface area (Å²) >= 11 is 0. The molecular weight excluding hydrogens is 531 g/mol. The van der Waals surface area contributed by atoms with Crippen molar-refractivity contribution in [3.63, 3.8) is 0 Å². The van der Waals surface area contributed by atoms with Crippen molar-refractivity contribution in [2.75, 3.05) is 6.54 Å². The molecule has 1 aliphatic heterocycles. The highest BCUT2D eigenvalue weighted by Crippen LogP contribution is 2.20. The highest BCUT2D eigenvalue weighted by atomic mass is 19.1. The quantitative estimate of drug-likeness (QED) is 0.354. The van der Waals surface area contributed by atoms with E-state index in [0.29, 0.717) is 11.3 Å². The van der Waals surface area contributed by atoms with Crippen LogP contribution in [0.15, 0.2) is 54.7 Å². The van der Waals surface area contributed by atoms with Gasteiger partial charge in [-0.3, -0.25) is 9.59 Å². The maximum Gasteiger partial charge on any atom is 0.329 e. The molecular formula is C29H39FN6O5. The molecule has 11 nitrogen and oxygen atoms in total. The predicted octanol–water partition coefficient (Wildman–Crippen LogP) is 2.50. The number of esters is 1. The summed E-state index contributed by atoms with van der Waals surface area (Å²) in [6.07, 6.45) is 9.09. The fourth-order valence-electron chi connectivity index (χ4n) is 4.49. The number of cyclic esters (lactones) is 1. The van der Waals surface area contributed by atoms with E-state index in [1.165, 1.54) is 24.7 Å². The van der Waals surface area contributed by atoms with Crippen molar-refractivity contribution in [2.24, 2.45) is 11.8 Å². The van der Waals surface area contributed by atoms with Crippen LogP contribution in [0.4, 0.5) is 4.39 Å². The van der Waals surface area contributed by atoms with Crippen LogP contribution in [0.1, 0.15) is 56.1 Å². The molecule has 1 aliphatic rings. The third kappa shape index (κ3) is 10.1. The minimum atomic E-state index is -1.43. The number of allylic oxidation sites excluding steroid dienone is 2. The number of ether oxygens (including phenoxy) is 1. The Labute approximate surface area is 238 Å². The molecule has 0 aliphatic carbocycles. The van der Waals surface area contributed by atoms with E-state index in [4.69, 9.17) is 4.74 Å². The van der Waals surface area contributed by atoms with Crippen molar-refractivity contribution in [3.8, 4) is 0 Å². The fraction of sp³-hybridized carbons (Fsp3) is 0.483. The van der Waals surface area contributed by atoms with Crippen LogP contribution in [-0.2, 0) is 27.2 Å². The number of nitrogens with zero attached hydrogens (tertiary/aromatic N) is 2. The zero-order valence-electron chi connectivity index (χ0n) is 23.8. The predicted molar refractivity (Wildman–Crippen MR) is 150 cm³/mol. The van der Waals surface area contributed by atoms with Crippen molar-refractivity contribution in [2.45, 2.75) is 71.4 Å². The lowest BCUT2D eigenvalue weighted by Gasteiger charge is -2.28. The second kappa shape index (κ2) is 15.1. The van der Waals surface area contributed by atoms with E-state index < -0.39 is 36.3 Å². The summed E-state index contributed by atoms with van der Waals surface area (Å²) in [4.78, 5) is 52.6. The smallest absolute Gasteiger partial charge is 0.329 e. The molecule has 0 radical (unpaired) electrons. The molecule has 12 heteroatoms. The molecule has 5 atom stereocenters. The third-order valence-corrected chi connectivity index (χ3v) is 6.56. The van der Waals surface area contributed by atoms with Crippen LogP contribution in [0.25, 0.3) is 0 Å². The summed E-state index contributed by atoms with van der Waals surface area (Å²) in [7, 11) is 0. The van der Waals surface area contributed by atoms with Gasteiger partial charge < -0.3 is 30.4 Å². The first-order chi connectivity index (χ1) is 19.5. The number of rotatable bonds is 3. The summed E-state index contributed by atoms with van der Waals surface area (Å²) in [5.74, 6) is -1.75. The first-order valence-corrected chi connectivity index (χ1v) is 13.7. The van der Waals surface area contributed by atoms with Gasteiger partial charge in [0.2, 0.25) is 5.91 Å². The molecule has 0 fully saturated rings. The Morgan fingerprint density at radius 1 is 1.20 bits per heavy atom. The molecule has 2 bridgehead atoms. The number of amides is 2. The Hall–Kier alpha value is -4.06. The molecule has 3 rings (SSSR count). The van der Waals surface area contributed by atoms with Gasteiger partial charge in [-0.25, -0.2) is 19.2 Å². The number of halogens is 1. The maximum atomic E-state index is 14.7. The number of fused-ring (bicyclic) bond motifs is 2. The molecule has 2 amide bonds. The minimum Gasteiger partial charge on any atom is -0.460 e. The Bertz CT molecular complexity index is 1250. The summed E-state index contributed by atoms with van der Waals surface area (Å²) in [6.45, 7) is 7.67. The molecule has 0 saturated carbocycles. The van der Waals surface area contributed by atoms with Gasteiger partial charge in [0.25, 0.3) is 5.91 Å². The van der Waals surface area contributed by atoms with Crippen molar-refractivity contribution in [1.29, 1.82) is 0 Å². The standard InChI is InChI=1S/C29H39FN6O5/c1-17(2)27-19(4)7-8-26(38)32-9-5-6-18(3)10-22(37)11-20(30)12-25-33-15-24(35-25)28(39)36-23(29(40)41-27)13-21-14-31-16-34-21/h5-8,10,14-17,19-20,22-23,27,37H,9,11-13H2,1-4H3,(H,31,34)(H,32,38)(H,33,35)(H,36,39)/b6-5+,8-7+,18-10+/t19-,20-,22-,23-,27-/m1/s1. The maximum absolute atomic E-state index is 14.7. The lowest BCUT2D eigenvalue weighted by molar-refractivity contribution is -0.155. The number of aromatic amines is 2. The molecule has 5 N–H and O–H groups in total. The molecule has 2 aromatic rings. The number of carbonyl (C=O) groups is 3. The normalized spacial score (nSPS) is 28.6. The van der Waals surface area contributed by atoms with Crippen LogP contribution in [0, 0.1) is 11.8 Å². The number of imidazole rings is 2. The van der Waals surface area contributed by atoms with Crippen molar-refractivity contribution in [1.82, 2.24) is 30.6 Å². The van der Waals surface area contributed by atoms with Crippen LogP contribution in [-0.4, -0.2) is 73.8 Å². The SMILES string of the molecule is CC1=C\[C@@H](O)C[C@@H](F)Cc2ncc([nH]2)C(=O)N[C@H](Cc2cnc[nH]2)C(=O)O[C@H](C(C)C)[C@H](C)/C=C/C(=O)NC\C=C\1. The Morgan fingerprint density at radius 3 is 2.68 bits per heavy atom. The number of hydrogen-bond acceptors (Lipinski definition) is 7. The summed E-state index contributed by atoms with van der Waals surface area (Å²) < 4.78 is 20.6. The Balaban J connectivity index is 1.87. The fourth-order valence-corrected chi connectivity index (χ4v) is 4.49. The largest absolute Gasteiger partial charge is 0.460 e. The lowest BCUT2D eigenvalue weighted by Crippen LogP contribution is -2.46. The summed E-state index contributed by atoms with van der Waals surface area (Å²) in [5.41, 5.74) is 1.37. The molecule has 0 saturated heterocycles. The first kappa shape index (κ1) is 31.5. The summed E-state index contributed by atoms with van der Waals surface area (Å²) in [5, 5.41) is 15.7. The Kier molecular flexibility index (Phi) is 11.6. The number of aliphatic hydroxyl groups excluding tert-OH is 1. The van der Waals surface area contributed by atoms with Gasteiger partial charge in [-0.05, 0) is 18.9 Å². The van der Waals surface area contributed by atoms with Crippen LogP contribution in [0.5, 0.6) is 0 Å². The number of hydrogen-bond donors (Lipinski definition) is 5. The summed E-state index contributed by atoms with van der Waals surface area (Å²) in [6, 6.07) is -1.07. The molecule has 41 heavy (non-hydrogen) atoms. The zero-order valence-corrected chi connectivity index (χ0v) is 23.8. The second-order valence-electron chi connectivity index (χ2n) is 10.6.